The second-order valence-corrected chi connectivity index (χ2v) is 5.07. The molecule has 0 amide bonds. The Morgan fingerprint density at radius 2 is 2.20 bits per heavy atom. The predicted octanol–water partition coefficient (Wildman–Crippen LogP) is 3.09. The SMILES string of the molecule is COCCCNc1nccn1-c1ccc(OC)c(Br)c1. The van der Waals surface area contributed by atoms with Gasteiger partial charge in [-0.2, -0.15) is 0 Å². The molecule has 0 aliphatic carbocycles. The van der Waals surface area contributed by atoms with Gasteiger partial charge in [-0.3, -0.25) is 4.57 Å². The van der Waals surface area contributed by atoms with Gasteiger partial charge in [-0.05, 0) is 40.5 Å². The molecule has 1 N–H and O–H groups in total. The van der Waals surface area contributed by atoms with Gasteiger partial charge >= 0.3 is 0 Å². The van der Waals surface area contributed by atoms with Crippen molar-refractivity contribution < 1.29 is 9.47 Å². The van der Waals surface area contributed by atoms with E-state index in [0.29, 0.717) is 0 Å². The molecular formula is C14H18BrN3O2. The largest absolute Gasteiger partial charge is 0.496 e. The zero-order valence-electron chi connectivity index (χ0n) is 11.6. The fourth-order valence-corrected chi connectivity index (χ4v) is 2.39. The maximum absolute atomic E-state index is 5.24. The third-order valence-electron chi connectivity index (χ3n) is 2.86. The summed E-state index contributed by atoms with van der Waals surface area (Å²) in [6, 6.07) is 5.92. The Kier molecular flexibility index (Phi) is 5.43. The van der Waals surface area contributed by atoms with Crippen LogP contribution in [0.5, 0.6) is 5.75 Å². The monoisotopic (exact) mass is 339 g/mol. The van der Waals surface area contributed by atoms with Gasteiger partial charge in [0, 0.05) is 38.3 Å². The number of aromatic nitrogens is 2. The molecule has 1 heterocycles. The summed E-state index contributed by atoms with van der Waals surface area (Å²) < 4.78 is 13.2. The number of hydrogen-bond acceptors (Lipinski definition) is 4. The van der Waals surface area contributed by atoms with Crippen molar-refractivity contribution in [1.29, 1.82) is 0 Å². The van der Waals surface area contributed by atoms with Crippen molar-refractivity contribution in [3.8, 4) is 11.4 Å². The van der Waals surface area contributed by atoms with Gasteiger partial charge < -0.3 is 14.8 Å². The highest BCUT2D eigenvalue weighted by Gasteiger charge is 2.07. The number of imidazole rings is 1. The van der Waals surface area contributed by atoms with Crippen LogP contribution < -0.4 is 10.1 Å². The van der Waals surface area contributed by atoms with Crippen LogP contribution in [0.1, 0.15) is 6.42 Å². The molecule has 0 aliphatic heterocycles. The lowest BCUT2D eigenvalue weighted by Gasteiger charge is -2.11. The Hall–Kier alpha value is -1.53. The summed E-state index contributed by atoms with van der Waals surface area (Å²) >= 11 is 3.49. The average Bonchev–Trinajstić information content (AvgIpc) is 2.92. The average molecular weight is 340 g/mol. The molecule has 2 aromatic rings. The van der Waals surface area contributed by atoms with Gasteiger partial charge in [0.05, 0.1) is 11.6 Å². The van der Waals surface area contributed by atoms with Crippen LogP contribution in [0.2, 0.25) is 0 Å². The second kappa shape index (κ2) is 7.31. The Labute approximate surface area is 127 Å². The van der Waals surface area contributed by atoms with Crippen LogP contribution in [-0.2, 0) is 4.74 Å². The maximum Gasteiger partial charge on any atom is 0.207 e. The number of anilines is 1. The second-order valence-electron chi connectivity index (χ2n) is 4.21. The summed E-state index contributed by atoms with van der Waals surface area (Å²) in [5, 5.41) is 3.30. The Balaban J connectivity index is 2.13. The molecule has 1 aromatic carbocycles. The van der Waals surface area contributed by atoms with Crippen LogP contribution in [0.25, 0.3) is 5.69 Å². The van der Waals surface area contributed by atoms with Crippen molar-refractivity contribution in [2.45, 2.75) is 6.42 Å². The minimum absolute atomic E-state index is 0.738. The first-order valence-electron chi connectivity index (χ1n) is 6.36. The van der Waals surface area contributed by atoms with E-state index in [1.807, 2.05) is 29.0 Å². The van der Waals surface area contributed by atoms with Crippen LogP contribution in [0, 0.1) is 0 Å². The van der Waals surface area contributed by atoms with Gasteiger partial charge in [0.25, 0.3) is 0 Å². The van der Waals surface area contributed by atoms with Crippen molar-refractivity contribution in [3.63, 3.8) is 0 Å². The van der Waals surface area contributed by atoms with Gasteiger partial charge in [0.2, 0.25) is 5.95 Å². The normalized spacial score (nSPS) is 10.6. The van der Waals surface area contributed by atoms with E-state index in [4.69, 9.17) is 9.47 Å². The smallest absolute Gasteiger partial charge is 0.207 e. The highest BCUT2D eigenvalue weighted by atomic mass is 79.9. The summed E-state index contributed by atoms with van der Waals surface area (Å²) in [6.07, 6.45) is 4.64. The van der Waals surface area contributed by atoms with Crippen LogP contribution in [0.4, 0.5) is 5.95 Å². The number of benzene rings is 1. The van der Waals surface area contributed by atoms with Crippen molar-refractivity contribution in [2.24, 2.45) is 0 Å². The van der Waals surface area contributed by atoms with Gasteiger partial charge in [-0.1, -0.05) is 0 Å². The Morgan fingerprint density at radius 3 is 2.90 bits per heavy atom. The molecule has 0 bridgehead atoms. The zero-order chi connectivity index (χ0) is 14.4. The molecule has 1 aromatic heterocycles. The van der Waals surface area contributed by atoms with Crippen LogP contribution in [0.15, 0.2) is 35.1 Å². The molecular weight excluding hydrogens is 322 g/mol. The van der Waals surface area contributed by atoms with E-state index in [2.05, 4.69) is 26.2 Å². The van der Waals surface area contributed by atoms with Crippen molar-refractivity contribution in [2.75, 3.05) is 32.7 Å². The predicted molar refractivity (Wildman–Crippen MR) is 82.8 cm³/mol. The van der Waals surface area contributed by atoms with Crippen LogP contribution in [0.3, 0.4) is 0 Å². The standard InChI is InChI=1S/C14H18BrN3O2/c1-19-9-3-6-16-14-17-7-8-18(14)11-4-5-13(20-2)12(15)10-11/h4-5,7-8,10H,3,6,9H2,1-2H3,(H,16,17). The zero-order valence-corrected chi connectivity index (χ0v) is 13.2. The third-order valence-corrected chi connectivity index (χ3v) is 3.48. The lowest BCUT2D eigenvalue weighted by molar-refractivity contribution is 0.197. The summed E-state index contributed by atoms with van der Waals surface area (Å²) in [6.45, 7) is 1.56. The number of hydrogen-bond donors (Lipinski definition) is 1. The number of nitrogens with zero attached hydrogens (tertiary/aromatic N) is 2. The molecule has 0 aliphatic rings. The number of ether oxygens (including phenoxy) is 2. The number of halogens is 1. The number of rotatable bonds is 7. The van der Waals surface area contributed by atoms with E-state index in [0.717, 1.165) is 41.4 Å². The number of nitrogens with one attached hydrogen (secondary N) is 1. The van der Waals surface area contributed by atoms with E-state index in [-0.39, 0.29) is 0 Å². The van der Waals surface area contributed by atoms with Gasteiger partial charge in [-0.25, -0.2) is 4.98 Å². The third kappa shape index (κ3) is 3.52. The summed E-state index contributed by atoms with van der Waals surface area (Å²) in [7, 11) is 3.36. The van der Waals surface area contributed by atoms with E-state index in [9.17, 15) is 0 Å². The molecule has 0 saturated carbocycles. The minimum Gasteiger partial charge on any atom is -0.496 e. The lowest BCUT2D eigenvalue weighted by Crippen LogP contribution is -2.09. The highest BCUT2D eigenvalue weighted by molar-refractivity contribution is 9.10. The molecule has 2 rings (SSSR count). The van der Waals surface area contributed by atoms with E-state index >= 15 is 0 Å². The van der Waals surface area contributed by atoms with Crippen molar-refractivity contribution in [3.05, 3.63) is 35.1 Å². The van der Waals surface area contributed by atoms with E-state index in [1.165, 1.54) is 0 Å². The molecule has 108 valence electrons. The Bertz CT molecular complexity index is 557. The molecule has 0 unspecified atom stereocenters. The fraction of sp³-hybridized carbons (Fsp3) is 0.357. The quantitative estimate of drug-likeness (QED) is 0.787. The number of methoxy groups -OCH3 is 2. The molecule has 0 spiro atoms. The first kappa shape index (κ1) is 14.9. The molecule has 0 fully saturated rings. The summed E-state index contributed by atoms with van der Waals surface area (Å²) in [5.41, 5.74) is 1.02. The van der Waals surface area contributed by atoms with Crippen LogP contribution >= 0.6 is 15.9 Å². The first-order valence-corrected chi connectivity index (χ1v) is 7.15. The van der Waals surface area contributed by atoms with Gasteiger partial charge in [0.15, 0.2) is 0 Å². The van der Waals surface area contributed by atoms with Crippen molar-refractivity contribution in [1.82, 2.24) is 9.55 Å². The van der Waals surface area contributed by atoms with Crippen molar-refractivity contribution >= 4 is 21.9 Å². The van der Waals surface area contributed by atoms with Crippen LogP contribution in [-0.4, -0.2) is 36.9 Å². The minimum atomic E-state index is 0.738. The Morgan fingerprint density at radius 1 is 1.35 bits per heavy atom. The fourth-order valence-electron chi connectivity index (χ4n) is 1.86. The van der Waals surface area contributed by atoms with Gasteiger partial charge in [-0.15, -0.1) is 0 Å². The molecule has 0 radical (unpaired) electrons. The van der Waals surface area contributed by atoms with E-state index < -0.39 is 0 Å². The highest BCUT2D eigenvalue weighted by Crippen LogP contribution is 2.28. The summed E-state index contributed by atoms with van der Waals surface area (Å²) in [4.78, 5) is 4.33. The summed E-state index contributed by atoms with van der Waals surface area (Å²) in [5.74, 6) is 1.63. The van der Waals surface area contributed by atoms with E-state index in [1.54, 1.807) is 20.4 Å². The molecule has 5 nitrogen and oxygen atoms in total. The van der Waals surface area contributed by atoms with Gasteiger partial charge in [0.1, 0.15) is 5.75 Å². The lowest BCUT2D eigenvalue weighted by atomic mass is 10.3. The molecule has 20 heavy (non-hydrogen) atoms. The molecule has 0 atom stereocenters. The molecule has 0 saturated heterocycles. The maximum atomic E-state index is 5.24. The molecule has 6 heteroatoms. The topological polar surface area (TPSA) is 48.3 Å². The first-order chi connectivity index (χ1) is 9.76.